The molecule has 0 fully saturated rings. The maximum Gasteiger partial charge on any atom is 0.143 e. The number of halogens is 1. The molecule has 0 radical (unpaired) electrons. The molecule has 1 aliphatic rings. The van der Waals surface area contributed by atoms with Crippen molar-refractivity contribution < 1.29 is 4.74 Å². The largest absolute Gasteiger partial charge is 0.482 e. The molecule has 0 saturated heterocycles. The third-order valence-electron chi connectivity index (χ3n) is 3.58. The van der Waals surface area contributed by atoms with Crippen molar-refractivity contribution in [2.45, 2.75) is 25.9 Å². The Morgan fingerprint density at radius 3 is 2.75 bits per heavy atom. The lowest BCUT2D eigenvalue weighted by molar-refractivity contribution is 0.210. The number of anilines is 1. The molecule has 2 aromatic rings. The summed E-state index contributed by atoms with van der Waals surface area (Å²) in [7, 11) is 0. The Morgan fingerprint density at radius 2 is 2.00 bits per heavy atom. The van der Waals surface area contributed by atoms with Crippen LogP contribution in [0.4, 0.5) is 5.69 Å². The Labute approximate surface area is 128 Å². The molecule has 1 aliphatic heterocycles. The summed E-state index contributed by atoms with van der Waals surface area (Å²) in [5.41, 5.74) is 3.67. The van der Waals surface area contributed by atoms with E-state index in [1.807, 2.05) is 12.1 Å². The summed E-state index contributed by atoms with van der Waals surface area (Å²) in [6.45, 7) is 3.01. The fraction of sp³-hybridized carbons (Fsp3) is 0.294. The molecule has 104 valence electrons. The molecule has 0 bridgehead atoms. The minimum Gasteiger partial charge on any atom is -0.482 e. The van der Waals surface area contributed by atoms with Gasteiger partial charge in [0, 0.05) is 4.47 Å². The molecule has 2 nitrogen and oxygen atoms in total. The van der Waals surface area contributed by atoms with Gasteiger partial charge in [-0.3, -0.25) is 0 Å². The van der Waals surface area contributed by atoms with Gasteiger partial charge in [-0.1, -0.05) is 53.5 Å². The molecule has 0 aliphatic carbocycles. The van der Waals surface area contributed by atoms with Gasteiger partial charge in [0.15, 0.2) is 0 Å². The Bertz CT molecular complexity index is 594. The van der Waals surface area contributed by atoms with Crippen LogP contribution in [0.2, 0.25) is 0 Å². The second kappa shape index (κ2) is 5.88. The Hall–Kier alpha value is -1.48. The molecule has 1 heterocycles. The summed E-state index contributed by atoms with van der Waals surface area (Å²) >= 11 is 3.48. The van der Waals surface area contributed by atoms with Gasteiger partial charge in [0.25, 0.3) is 0 Å². The summed E-state index contributed by atoms with van der Waals surface area (Å²) in [5, 5.41) is 3.44. The Kier molecular flexibility index (Phi) is 3.97. The summed E-state index contributed by atoms with van der Waals surface area (Å²) in [5.74, 6) is 0.919. The molecule has 1 N–H and O–H groups in total. The second-order valence-electron chi connectivity index (χ2n) is 5.12. The van der Waals surface area contributed by atoms with Gasteiger partial charge in [0.1, 0.15) is 11.9 Å². The monoisotopic (exact) mass is 331 g/mol. The van der Waals surface area contributed by atoms with E-state index in [2.05, 4.69) is 58.5 Å². The maximum absolute atomic E-state index is 6.09. The molecule has 3 rings (SSSR count). The molecule has 1 unspecified atom stereocenters. The number of nitrogens with one attached hydrogen (secondary N) is 1. The standard InChI is InChI=1S/C17H18BrNO/c1-2-3-12-4-6-13(7-5-12)17-11-19-15-10-14(18)8-9-16(15)20-17/h4-10,17,19H,2-3,11H2,1H3. The van der Waals surface area contributed by atoms with E-state index in [1.54, 1.807) is 0 Å². The first-order valence-corrected chi connectivity index (χ1v) is 7.84. The summed E-state index contributed by atoms with van der Waals surface area (Å²) in [4.78, 5) is 0. The van der Waals surface area contributed by atoms with Crippen molar-refractivity contribution in [3.63, 3.8) is 0 Å². The van der Waals surface area contributed by atoms with Crippen LogP contribution in [0.5, 0.6) is 5.75 Å². The lowest BCUT2D eigenvalue weighted by atomic mass is 10.0. The highest BCUT2D eigenvalue weighted by atomic mass is 79.9. The van der Waals surface area contributed by atoms with E-state index in [-0.39, 0.29) is 6.10 Å². The average molecular weight is 332 g/mol. The van der Waals surface area contributed by atoms with E-state index in [0.717, 1.165) is 28.9 Å². The van der Waals surface area contributed by atoms with Gasteiger partial charge in [0.05, 0.1) is 12.2 Å². The summed E-state index contributed by atoms with van der Waals surface area (Å²) in [6, 6.07) is 14.8. The van der Waals surface area contributed by atoms with Gasteiger partial charge in [0.2, 0.25) is 0 Å². The van der Waals surface area contributed by atoms with Gasteiger partial charge in [-0.25, -0.2) is 0 Å². The Balaban J connectivity index is 1.77. The van der Waals surface area contributed by atoms with Crippen molar-refractivity contribution in [2.24, 2.45) is 0 Å². The van der Waals surface area contributed by atoms with E-state index < -0.39 is 0 Å². The number of rotatable bonds is 3. The van der Waals surface area contributed by atoms with Crippen LogP contribution in [0.15, 0.2) is 46.9 Å². The van der Waals surface area contributed by atoms with Crippen molar-refractivity contribution in [3.05, 3.63) is 58.1 Å². The first-order chi connectivity index (χ1) is 9.76. The molecule has 0 amide bonds. The number of benzene rings is 2. The number of hydrogen-bond acceptors (Lipinski definition) is 2. The minimum atomic E-state index is 0.0827. The summed E-state index contributed by atoms with van der Waals surface area (Å²) < 4.78 is 7.15. The molecule has 1 atom stereocenters. The van der Waals surface area contributed by atoms with Crippen LogP contribution in [-0.4, -0.2) is 6.54 Å². The SMILES string of the molecule is CCCc1ccc(C2CNc3cc(Br)ccc3O2)cc1. The first kappa shape index (κ1) is 13.5. The number of aryl methyl sites for hydroxylation is 1. The molecule has 0 spiro atoms. The molecular formula is C17H18BrNO. The fourth-order valence-corrected chi connectivity index (χ4v) is 2.88. The van der Waals surface area contributed by atoms with Gasteiger partial charge < -0.3 is 10.1 Å². The number of ether oxygens (including phenoxy) is 1. The van der Waals surface area contributed by atoms with Crippen LogP contribution in [-0.2, 0) is 6.42 Å². The zero-order chi connectivity index (χ0) is 13.9. The molecule has 2 aromatic carbocycles. The van der Waals surface area contributed by atoms with Gasteiger partial charge in [-0.05, 0) is 35.7 Å². The van der Waals surface area contributed by atoms with Crippen LogP contribution in [0.25, 0.3) is 0 Å². The molecular weight excluding hydrogens is 314 g/mol. The smallest absolute Gasteiger partial charge is 0.143 e. The molecule has 0 aromatic heterocycles. The predicted octanol–water partition coefficient (Wildman–Crippen LogP) is 4.95. The minimum absolute atomic E-state index is 0.0827. The van der Waals surface area contributed by atoms with Gasteiger partial charge >= 0.3 is 0 Å². The zero-order valence-corrected chi connectivity index (χ0v) is 13.1. The summed E-state index contributed by atoms with van der Waals surface area (Å²) in [6.07, 6.45) is 2.41. The first-order valence-electron chi connectivity index (χ1n) is 7.05. The fourth-order valence-electron chi connectivity index (χ4n) is 2.51. The highest BCUT2D eigenvalue weighted by molar-refractivity contribution is 9.10. The zero-order valence-electron chi connectivity index (χ0n) is 11.5. The van der Waals surface area contributed by atoms with E-state index >= 15 is 0 Å². The normalized spacial score (nSPS) is 17.0. The lowest BCUT2D eigenvalue weighted by Crippen LogP contribution is -2.23. The number of hydrogen-bond donors (Lipinski definition) is 1. The molecule has 3 heteroatoms. The maximum atomic E-state index is 6.09. The van der Waals surface area contributed by atoms with Crippen molar-refractivity contribution in [1.29, 1.82) is 0 Å². The van der Waals surface area contributed by atoms with E-state index in [9.17, 15) is 0 Å². The van der Waals surface area contributed by atoms with Crippen LogP contribution in [0.3, 0.4) is 0 Å². The van der Waals surface area contributed by atoms with Crippen LogP contribution >= 0.6 is 15.9 Å². The van der Waals surface area contributed by atoms with Crippen molar-refractivity contribution in [3.8, 4) is 5.75 Å². The van der Waals surface area contributed by atoms with E-state index in [0.29, 0.717) is 0 Å². The quantitative estimate of drug-likeness (QED) is 0.859. The highest BCUT2D eigenvalue weighted by Crippen LogP contribution is 2.35. The van der Waals surface area contributed by atoms with E-state index in [4.69, 9.17) is 4.74 Å². The lowest BCUT2D eigenvalue weighted by Gasteiger charge is -2.28. The van der Waals surface area contributed by atoms with Gasteiger partial charge in [-0.15, -0.1) is 0 Å². The highest BCUT2D eigenvalue weighted by Gasteiger charge is 2.20. The second-order valence-corrected chi connectivity index (χ2v) is 6.04. The third-order valence-corrected chi connectivity index (χ3v) is 4.07. The van der Waals surface area contributed by atoms with Crippen LogP contribution < -0.4 is 10.1 Å². The predicted molar refractivity (Wildman–Crippen MR) is 86.4 cm³/mol. The van der Waals surface area contributed by atoms with Crippen LogP contribution in [0, 0.1) is 0 Å². The van der Waals surface area contributed by atoms with Crippen molar-refractivity contribution >= 4 is 21.6 Å². The van der Waals surface area contributed by atoms with Crippen molar-refractivity contribution in [2.75, 3.05) is 11.9 Å². The average Bonchev–Trinajstić information content (AvgIpc) is 2.48. The van der Waals surface area contributed by atoms with E-state index in [1.165, 1.54) is 17.5 Å². The number of fused-ring (bicyclic) bond motifs is 1. The van der Waals surface area contributed by atoms with Crippen molar-refractivity contribution in [1.82, 2.24) is 0 Å². The molecule has 0 saturated carbocycles. The van der Waals surface area contributed by atoms with Gasteiger partial charge in [-0.2, -0.15) is 0 Å². The third kappa shape index (κ3) is 2.83. The topological polar surface area (TPSA) is 21.3 Å². The van der Waals surface area contributed by atoms with Crippen LogP contribution in [0.1, 0.15) is 30.6 Å². The molecule has 20 heavy (non-hydrogen) atoms. The Morgan fingerprint density at radius 1 is 1.20 bits per heavy atom.